The zero-order valence-electron chi connectivity index (χ0n) is 10.8. The van der Waals surface area contributed by atoms with Gasteiger partial charge in [-0.05, 0) is 20.5 Å². The number of nitrogens with one attached hydrogen (secondary N) is 1. The molecule has 4 nitrogen and oxygen atoms in total. The highest BCUT2D eigenvalue weighted by atomic mass is 32.1. The summed E-state index contributed by atoms with van der Waals surface area (Å²) in [6.07, 6.45) is 2.41. The van der Waals surface area contributed by atoms with Crippen molar-refractivity contribution in [1.82, 2.24) is 15.2 Å². The Labute approximate surface area is 107 Å². The van der Waals surface area contributed by atoms with Crippen LogP contribution in [0.1, 0.15) is 23.2 Å². The van der Waals surface area contributed by atoms with E-state index in [1.165, 1.54) is 10.7 Å². The molecule has 1 saturated heterocycles. The Bertz CT molecular complexity index is 353. The van der Waals surface area contributed by atoms with E-state index in [0.717, 1.165) is 25.9 Å². The topological polar surface area (TPSA) is 37.4 Å². The maximum absolute atomic E-state index is 5.36. The fourth-order valence-electron chi connectivity index (χ4n) is 2.03. The number of hydrogen-bond acceptors (Lipinski definition) is 5. The third-order valence-electron chi connectivity index (χ3n) is 3.12. The summed E-state index contributed by atoms with van der Waals surface area (Å²) in [5.74, 6) is 0. The quantitative estimate of drug-likeness (QED) is 0.860. The Morgan fingerprint density at radius 2 is 2.41 bits per heavy atom. The monoisotopic (exact) mass is 255 g/mol. The van der Waals surface area contributed by atoms with E-state index in [-0.39, 0.29) is 0 Å². The Balaban J connectivity index is 1.90. The van der Waals surface area contributed by atoms with Gasteiger partial charge in [0.15, 0.2) is 0 Å². The normalized spacial score (nSPS) is 24.7. The van der Waals surface area contributed by atoms with Crippen LogP contribution in [0, 0.1) is 0 Å². The van der Waals surface area contributed by atoms with Crippen LogP contribution in [-0.4, -0.2) is 50.3 Å². The molecule has 1 aliphatic heterocycles. The summed E-state index contributed by atoms with van der Waals surface area (Å²) in [5, 5.41) is 6.87. The Morgan fingerprint density at radius 3 is 3.06 bits per heavy atom. The van der Waals surface area contributed by atoms with Crippen LogP contribution >= 0.6 is 11.3 Å². The second-order valence-corrected chi connectivity index (χ2v) is 5.72. The maximum atomic E-state index is 5.36. The molecule has 0 saturated carbocycles. The van der Waals surface area contributed by atoms with Gasteiger partial charge >= 0.3 is 0 Å². The molecule has 17 heavy (non-hydrogen) atoms. The zero-order chi connectivity index (χ0) is 12.3. The van der Waals surface area contributed by atoms with Gasteiger partial charge in [-0.3, -0.25) is 0 Å². The summed E-state index contributed by atoms with van der Waals surface area (Å²) in [5.41, 5.74) is 1.18. The van der Waals surface area contributed by atoms with E-state index in [2.05, 4.69) is 29.7 Å². The van der Waals surface area contributed by atoms with Crippen LogP contribution in [0.5, 0.6) is 0 Å². The SMILES string of the molecule is COC1CNC(c2csc(CCN(C)C)n2)C1. The van der Waals surface area contributed by atoms with Crippen molar-refractivity contribution >= 4 is 11.3 Å². The molecule has 0 amide bonds. The van der Waals surface area contributed by atoms with Crippen LogP contribution in [0.2, 0.25) is 0 Å². The molecule has 5 heteroatoms. The lowest BCUT2D eigenvalue weighted by atomic mass is 10.1. The molecular weight excluding hydrogens is 234 g/mol. The van der Waals surface area contributed by atoms with E-state index < -0.39 is 0 Å². The van der Waals surface area contributed by atoms with Crippen molar-refractivity contribution in [1.29, 1.82) is 0 Å². The number of methoxy groups -OCH3 is 1. The van der Waals surface area contributed by atoms with Gasteiger partial charge in [0, 0.05) is 32.0 Å². The van der Waals surface area contributed by atoms with Crippen molar-refractivity contribution in [2.75, 3.05) is 34.3 Å². The number of hydrogen-bond donors (Lipinski definition) is 1. The average Bonchev–Trinajstić information content (AvgIpc) is 2.94. The molecular formula is C12H21N3OS. The number of likely N-dealkylation sites (N-methyl/N-ethyl adjacent to an activating group) is 1. The first-order valence-electron chi connectivity index (χ1n) is 6.04. The Morgan fingerprint density at radius 1 is 1.59 bits per heavy atom. The van der Waals surface area contributed by atoms with Crippen molar-refractivity contribution in [2.45, 2.75) is 25.0 Å². The molecule has 2 unspecified atom stereocenters. The maximum Gasteiger partial charge on any atom is 0.0941 e. The minimum Gasteiger partial charge on any atom is -0.380 e. The molecule has 2 heterocycles. The lowest BCUT2D eigenvalue weighted by molar-refractivity contribution is 0.117. The number of thiazole rings is 1. The predicted molar refractivity (Wildman–Crippen MR) is 70.5 cm³/mol. The van der Waals surface area contributed by atoms with Crippen LogP contribution in [0.25, 0.3) is 0 Å². The van der Waals surface area contributed by atoms with E-state index in [9.17, 15) is 0 Å². The first-order chi connectivity index (χ1) is 8.19. The van der Waals surface area contributed by atoms with E-state index in [0.29, 0.717) is 12.1 Å². The minimum atomic E-state index is 0.340. The van der Waals surface area contributed by atoms with Gasteiger partial charge in [-0.25, -0.2) is 4.98 Å². The number of rotatable bonds is 5. The molecule has 96 valence electrons. The molecule has 1 aromatic heterocycles. The zero-order valence-corrected chi connectivity index (χ0v) is 11.6. The van der Waals surface area contributed by atoms with Crippen molar-refractivity contribution in [3.8, 4) is 0 Å². The molecule has 1 fully saturated rings. The van der Waals surface area contributed by atoms with Gasteiger partial charge in [0.2, 0.25) is 0 Å². The van der Waals surface area contributed by atoms with Gasteiger partial charge in [-0.2, -0.15) is 0 Å². The van der Waals surface area contributed by atoms with Gasteiger partial charge in [-0.15, -0.1) is 11.3 Å². The summed E-state index contributed by atoms with van der Waals surface area (Å²) in [6.45, 7) is 2.00. The van der Waals surface area contributed by atoms with Crippen molar-refractivity contribution in [2.24, 2.45) is 0 Å². The Kier molecular flexibility index (Phi) is 4.50. The van der Waals surface area contributed by atoms with Gasteiger partial charge in [-0.1, -0.05) is 0 Å². The molecule has 0 spiro atoms. The fourth-order valence-corrected chi connectivity index (χ4v) is 2.87. The van der Waals surface area contributed by atoms with Crippen LogP contribution < -0.4 is 5.32 Å². The molecule has 0 aliphatic carbocycles. The molecule has 0 radical (unpaired) electrons. The minimum absolute atomic E-state index is 0.340. The lowest BCUT2D eigenvalue weighted by Crippen LogP contribution is -2.16. The van der Waals surface area contributed by atoms with E-state index >= 15 is 0 Å². The smallest absolute Gasteiger partial charge is 0.0941 e. The van der Waals surface area contributed by atoms with Crippen LogP contribution in [0.4, 0.5) is 0 Å². The largest absolute Gasteiger partial charge is 0.380 e. The first kappa shape index (κ1) is 13.0. The van der Waals surface area contributed by atoms with E-state index in [4.69, 9.17) is 9.72 Å². The molecule has 2 atom stereocenters. The lowest BCUT2D eigenvalue weighted by Gasteiger charge is -2.08. The third kappa shape index (κ3) is 3.48. The summed E-state index contributed by atoms with van der Waals surface area (Å²) in [7, 11) is 5.96. The van der Waals surface area contributed by atoms with Crippen molar-refractivity contribution in [3.63, 3.8) is 0 Å². The van der Waals surface area contributed by atoms with Gasteiger partial charge < -0.3 is 15.0 Å². The average molecular weight is 255 g/mol. The second kappa shape index (κ2) is 5.91. The summed E-state index contributed by atoms with van der Waals surface area (Å²) in [6, 6.07) is 0.379. The molecule has 2 rings (SSSR count). The molecule has 0 aromatic carbocycles. The second-order valence-electron chi connectivity index (χ2n) is 4.77. The van der Waals surface area contributed by atoms with Gasteiger partial charge in [0.1, 0.15) is 0 Å². The van der Waals surface area contributed by atoms with Crippen LogP contribution in [0.3, 0.4) is 0 Å². The summed E-state index contributed by atoms with van der Waals surface area (Å²) in [4.78, 5) is 6.90. The summed E-state index contributed by atoms with van der Waals surface area (Å²) < 4.78 is 5.36. The van der Waals surface area contributed by atoms with Gasteiger partial charge in [0.05, 0.1) is 22.8 Å². The van der Waals surface area contributed by atoms with E-state index in [1.54, 1.807) is 18.4 Å². The molecule has 0 bridgehead atoms. The number of ether oxygens (including phenoxy) is 1. The molecule has 1 aromatic rings. The fraction of sp³-hybridized carbons (Fsp3) is 0.750. The highest BCUT2D eigenvalue weighted by Gasteiger charge is 2.26. The van der Waals surface area contributed by atoms with Crippen LogP contribution in [0.15, 0.2) is 5.38 Å². The predicted octanol–water partition coefficient (Wildman–Crippen LogP) is 1.30. The molecule has 1 aliphatic rings. The number of nitrogens with zero attached hydrogens (tertiary/aromatic N) is 2. The summed E-state index contributed by atoms with van der Waals surface area (Å²) >= 11 is 1.77. The van der Waals surface area contributed by atoms with Crippen molar-refractivity contribution in [3.05, 3.63) is 16.1 Å². The third-order valence-corrected chi connectivity index (χ3v) is 4.05. The van der Waals surface area contributed by atoms with Crippen LogP contribution in [-0.2, 0) is 11.2 Å². The highest BCUT2D eigenvalue weighted by Crippen LogP contribution is 2.26. The van der Waals surface area contributed by atoms with Crippen molar-refractivity contribution < 1.29 is 4.74 Å². The van der Waals surface area contributed by atoms with Gasteiger partial charge in [0.25, 0.3) is 0 Å². The molecule has 1 N–H and O–H groups in total. The Hall–Kier alpha value is -0.490. The standard InChI is InChI=1S/C12H21N3OS/c1-15(2)5-4-12-14-11(8-17-12)10-6-9(16-3)7-13-10/h8-10,13H,4-7H2,1-3H3. The van der Waals surface area contributed by atoms with E-state index in [1.807, 2.05) is 0 Å². The highest BCUT2D eigenvalue weighted by molar-refractivity contribution is 7.09. The first-order valence-corrected chi connectivity index (χ1v) is 6.92. The number of aromatic nitrogens is 1.